The van der Waals surface area contributed by atoms with Gasteiger partial charge in [-0.25, -0.2) is 13.4 Å². The Balaban J connectivity index is 1.22. The SMILES string of the molecule is CCOc1cnc(O[C@@H]2C[C@H]3C(=O)N[C@]4(C(=O)NS(=O)(=O)C5(C)CC5)CC4/C=C\CC[C@@H](C)C[C@@H](C)[C@H](NC(=O)C4CCN(C(C)=O)CC4)C(=O)N3C2)c2ccc(OC)cc12. The predicted octanol–water partition coefficient (Wildman–Crippen LogP) is 3.62. The first-order chi connectivity index (χ1) is 29.0. The maximum atomic E-state index is 15.1. The van der Waals surface area contributed by atoms with Gasteiger partial charge in [-0.05, 0) is 95.2 Å². The lowest BCUT2D eigenvalue weighted by molar-refractivity contribution is -0.144. The summed E-state index contributed by atoms with van der Waals surface area (Å²) in [4.78, 5) is 77.6. The minimum Gasteiger partial charge on any atom is -0.497 e. The molecule has 16 nitrogen and oxygen atoms in total. The van der Waals surface area contributed by atoms with Gasteiger partial charge in [-0.15, -0.1) is 0 Å². The monoisotopic (exact) mass is 864 g/mol. The standard InChI is InChI=1S/C44H60N6O10S/c1-7-59-36-24-45-40(33-13-12-31(58-6)21-34(33)36)60-32-22-35-39(53)47-44(42(55)48-61(56,57)43(5)16-17-43)23-30(44)11-9-8-10-26(2)20-27(3)37(41(54)50(35)25-32)46-38(52)29-14-18-49(19-15-29)28(4)51/h9,11-13,21,24,26-27,29-30,32,35,37H,7-8,10,14-20,22-23,25H2,1-6H3,(H,46,52)(H,47,53)(H,48,55)/b11-9-/t26-,27-,30?,32-,35+,37+,44-/m1/s1. The van der Waals surface area contributed by atoms with Gasteiger partial charge in [-0.3, -0.25) is 28.7 Å². The Morgan fingerprint density at radius 3 is 2.46 bits per heavy atom. The van der Waals surface area contributed by atoms with E-state index in [1.165, 1.54) is 11.8 Å². The number of allylic oxidation sites excluding steroid dienone is 1. The highest BCUT2D eigenvalue weighted by molar-refractivity contribution is 7.91. The summed E-state index contributed by atoms with van der Waals surface area (Å²) in [5.74, 6) is -1.88. The van der Waals surface area contributed by atoms with Crippen LogP contribution in [0.25, 0.3) is 10.8 Å². The number of fused-ring (bicyclic) bond motifs is 3. The van der Waals surface area contributed by atoms with Crippen molar-refractivity contribution in [1.82, 2.24) is 30.1 Å². The van der Waals surface area contributed by atoms with Gasteiger partial charge in [0.25, 0.3) is 5.91 Å². The third-order valence-electron chi connectivity index (χ3n) is 13.5. The number of hydrogen-bond donors (Lipinski definition) is 3. The smallest absolute Gasteiger partial charge is 0.259 e. The van der Waals surface area contributed by atoms with Crippen molar-refractivity contribution in [3.05, 3.63) is 36.5 Å². The number of nitrogens with zero attached hydrogens (tertiary/aromatic N) is 3. The molecule has 2 saturated carbocycles. The molecule has 1 aromatic heterocycles. The van der Waals surface area contributed by atoms with Gasteiger partial charge in [0, 0.05) is 49.0 Å². The molecule has 3 N–H and O–H groups in total. The van der Waals surface area contributed by atoms with E-state index in [-0.39, 0.29) is 48.9 Å². The first-order valence-electron chi connectivity index (χ1n) is 21.7. The number of ether oxygens (including phenoxy) is 3. The zero-order valence-electron chi connectivity index (χ0n) is 36.0. The number of hydrogen-bond acceptors (Lipinski definition) is 11. The number of benzene rings is 1. The molecule has 61 heavy (non-hydrogen) atoms. The zero-order chi connectivity index (χ0) is 43.9. The van der Waals surface area contributed by atoms with Crippen molar-refractivity contribution in [2.45, 2.75) is 121 Å². The Morgan fingerprint density at radius 2 is 1.79 bits per heavy atom. The highest BCUT2D eigenvalue weighted by Crippen LogP contribution is 2.48. The van der Waals surface area contributed by atoms with E-state index >= 15 is 4.79 Å². The van der Waals surface area contributed by atoms with E-state index in [1.54, 1.807) is 37.3 Å². The average molecular weight is 865 g/mol. The molecular weight excluding hydrogens is 805 g/mol. The first-order valence-corrected chi connectivity index (χ1v) is 23.2. The van der Waals surface area contributed by atoms with Crippen molar-refractivity contribution in [1.29, 1.82) is 0 Å². The summed E-state index contributed by atoms with van der Waals surface area (Å²) < 4.78 is 45.7. The third kappa shape index (κ3) is 9.17. The molecule has 1 aromatic carbocycles. The second-order valence-corrected chi connectivity index (χ2v) is 20.2. The fourth-order valence-corrected chi connectivity index (χ4v) is 10.5. The quantitative estimate of drug-likeness (QED) is 0.295. The molecule has 2 saturated heterocycles. The summed E-state index contributed by atoms with van der Waals surface area (Å²) in [5.41, 5.74) is -1.55. The van der Waals surface area contributed by atoms with Crippen LogP contribution in [0.3, 0.4) is 0 Å². The molecule has 7 atom stereocenters. The maximum absolute atomic E-state index is 15.1. The molecule has 17 heteroatoms. The van der Waals surface area contributed by atoms with Crippen LogP contribution < -0.4 is 29.6 Å². The van der Waals surface area contributed by atoms with Gasteiger partial charge in [0.15, 0.2) is 0 Å². The fourth-order valence-electron chi connectivity index (χ4n) is 9.14. The molecule has 0 radical (unpaired) electrons. The average Bonchev–Trinajstić information content (AvgIpc) is 4.11. The Labute approximate surface area is 357 Å². The molecular formula is C44H60N6O10S. The molecule has 4 fully saturated rings. The van der Waals surface area contributed by atoms with Crippen molar-refractivity contribution >= 4 is 50.3 Å². The molecule has 332 valence electrons. The Hall–Kier alpha value is -4.93. The lowest BCUT2D eigenvalue weighted by Gasteiger charge is -2.35. The number of carbonyl (C=O) groups is 5. The minimum atomic E-state index is -4.02. The van der Waals surface area contributed by atoms with E-state index in [0.717, 1.165) is 6.42 Å². The van der Waals surface area contributed by atoms with Crippen molar-refractivity contribution in [2.75, 3.05) is 33.4 Å². The number of likely N-dealkylation sites (tertiary alicyclic amines) is 1. The number of piperidine rings is 1. The van der Waals surface area contributed by atoms with Crippen LogP contribution in [0.4, 0.5) is 0 Å². The topological polar surface area (TPSA) is 203 Å². The largest absolute Gasteiger partial charge is 0.497 e. The first kappa shape index (κ1) is 44.1. The fraction of sp³-hybridized carbons (Fsp3) is 0.636. The van der Waals surface area contributed by atoms with Gasteiger partial charge >= 0.3 is 0 Å². The van der Waals surface area contributed by atoms with Crippen LogP contribution >= 0.6 is 0 Å². The van der Waals surface area contributed by atoms with E-state index in [0.29, 0.717) is 80.5 Å². The Morgan fingerprint density at radius 1 is 1.05 bits per heavy atom. The Bertz CT molecular complexity index is 2190. The van der Waals surface area contributed by atoms with Crippen LogP contribution in [0, 0.1) is 23.7 Å². The molecule has 0 bridgehead atoms. The van der Waals surface area contributed by atoms with E-state index in [9.17, 15) is 27.6 Å². The van der Waals surface area contributed by atoms with E-state index in [4.69, 9.17) is 14.2 Å². The molecule has 5 amide bonds. The van der Waals surface area contributed by atoms with Gasteiger partial charge in [0.1, 0.15) is 35.2 Å². The predicted molar refractivity (Wildman–Crippen MR) is 226 cm³/mol. The van der Waals surface area contributed by atoms with Crippen molar-refractivity contribution in [3.8, 4) is 17.4 Å². The molecule has 0 spiro atoms. The highest BCUT2D eigenvalue weighted by Gasteiger charge is 2.63. The van der Waals surface area contributed by atoms with Gasteiger partial charge in [0.2, 0.25) is 39.5 Å². The van der Waals surface area contributed by atoms with Crippen molar-refractivity contribution in [3.63, 3.8) is 0 Å². The number of nitrogens with one attached hydrogen (secondary N) is 3. The van der Waals surface area contributed by atoms with E-state index in [1.807, 2.05) is 32.1 Å². The summed E-state index contributed by atoms with van der Waals surface area (Å²) in [5, 5.41) is 7.35. The summed E-state index contributed by atoms with van der Waals surface area (Å²) >= 11 is 0. The molecule has 4 heterocycles. The van der Waals surface area contributed by atoms with Gasteiger partial charge < -0.3 is 34.6 Å². The van der Waals surface area contributed by atoms with Gasteiger partial charge in [-0.2, -0.15) is 0 Å². The minimum absolute atomic E-state index is 0.0215. The second-order valence-electron chi connectivity index (χ2n) is 18.0. The Kier molecular flexibility index (Phi) is 12.6. The maximum Gasteiger partial charge on any atom is 0.259 e. The zero-order valence-corrected chi connectivity index (χ0v) is 36.8. The summed E-state index contributed by atoms with van der Waals surface area (Å²) in [7, 11) is -2.46. The number of sulfonamides is 1. The van der Waals surface area contributed by atoms with Crippen LogP contribution in [0.5, 0.6) is 17.4 Å². The lowest BCUT2D eigenvalue weighted by Crippen LogP contribution is -2.59. The van der Waals surface area contributed by atoms with Crippen LogP contribution in [0.2, 0.25) is 0 Å². The summed E-state index contributed by atoms with van der Waals surface area (Å²) in [6.45, 7) is 10.2. The molecule has 3 aliphatic heterocycles. The van der Waals surface area contributed by atoms with Crippen LogP contribution in [-0.4, -0.2) is 115 Å². The number of pyridine rings is 1. The number of carbonyl (C=O) groups excluding carboxylic acids is 5. The van der Waals surface area contributed by atoms with Crippen LogP contribution in [-0.2, 0) is 34.0 Å². The molecule has 7 rings (SSSR count). The number of rotatable bonds is 10. The van der Waals surface area contributed by atoms with E-state index in [2.05, 4.69) is 27.3 Å². The van der Waals surface area contributed by atoms with E-state index < -0.39 is 68.1 Å². The molecule has 2 aliphatic carbocycles. The lowest BCUT2D eigenvalue weighted by atomic mass is 9.87. The molecule has 2 aromatic rings. The summed E-state index contributed by atoms with van der Waals surface area (Å²) in [6, 6.07) is 3.25. The van der Waals surface area contributed by atoms with Crippen molar-refractivity contribution in [2.24, 2.45) is 23.7 Å². The van der Waals surface area contributed by atoms with Crippen molar-refractivity contribution < 1.29 is 46.6 Å². The normalized spacial score (nSPS) is 29.8. The number of methoxy groups -OCH3 is 1. The van der Waals surface area contributed by atoms with Gasteiger partial charge in [-0.1, -0.05) is 26.0 Å². The van der Waals surface area contributed by atoms with Gasteiger partial charge in [0.05, 0.1) is 31.2 Å². The second kappa shape index (κ2) is 17.4. The molecule has 5 aliphatic rings. The van der Waals surface area contributed by atoms with Crippen LogP contribution in [0.1, 0.15) is 92.4 Å². The summed E-state index contributed by atoms with van der Waals surface area (Å²) in [6.07, 6.45) is 8.69. The molecule has 1 unspecified atom stereocenters. The number of amides is 5. The third-order valence-corrected chi connectivity index (χ3v) is 15.6. The highest BCUT2D eigenvalue weighted by atomic mass is 32.2. The number of aromatic nitrogens is 1. The van der Waals surface area contributed by atoms with Crippen LogP contribution in [0.15, 0.2) is 36.5 Å².